The van der Waals surface area contributed by atoms with Crippen LogP contribution >= 0.6 is 0 Å². The highest BCUT2D eigenvalue weighted by atomic mass is 19.1. The van der Waals surface area contributed by atoms with Crippen molar-refractivity contribution in [1.82, 2.24) is 10.2 Å². The van der Waals surface area contributed by atoms with Crippen LogP contribution in [0.25, 0.3) is 10.8 Å². The molecule has 170 valence electrons. The van der Waals surface area contributed by atoms with Crippen LogP contribution < -0.4 is 5.32 Å². The minimum atomic E-state index is -0.370. The van der Waals surface area contributed by atoms with Gasteiger partial charge in [0.1, 0.15) is 5.82 Å². The third-order valence-electron chi connectivity index (χ3n) is 7.29. The lowest BCUT2D eigenvalue weighted by Gasteiger charge is -2.30. The van der Waals surface area contributed by atoms with E-state index in [1.54, 1.807) is 0 Å². The monoisotopic (exact) mass is 444 g/mol. The second kappa shape index (κ2) is 8.97. The van der Waals surface area contributed by atoms with E-state index in [0.717, 1.165) is 31.4 Å². The molecule has 5 heteroatoms. The average molecular weight is 445 g/mol. The molecule has 0 saturated carbocycles. The van der Waals surface area contributed by atoms with Gasteiger partial charge >= 0.3 is 0 Å². The van der Waals surface area contributed by atoms with Crippen molar-refractivity contribution in [3.63, 3.8) is 0 Å². The predicted molar refractivity (Wildman–Crippen MR) is 127 cm³/mol. The third-order valence-corrected chi connectivity index (χ3v) is 7.29. The maximum atomic E-state index is 13.2. The zero-order valence-corrected chi connectivity index (χ0v) is 18.7. The molecule has 2 fully saturated rings. The summed E-state index contributed by atoms with van der Waals surface area (Å²) in [5.41, 5.74) is 1.90. The van der Waals surface area contributed by atoms with Crippen LogP contribution in [0.4, 0.5) is 4.39 Å². The molecule has 2 aliphatic heterocycles. The van der Waals surface area contributed by atoms with E-state index in [9.17, 15) is 14.0 Å². The highest BCUT2D eigenvalue weighted by molar-refractivity contribution is 5.83. The predicted octanol–water partition coefficient (Wildman–Crippen LogP) is 4.97. The van der Waals surface area contributed by atoms with Crippen LogP contribution in [0.15, 0.2) is 66.7 Å². The Bertz CT molecular complexity index is 1180. The number of carbonyl (C=O) groups excluding carboxylic acids is 2. The zero-order chi connectivity index (χ0) is 22.8. The summed E-state index contributed by atoms with van der Waals surface area (Å²) in [5, 5.41) is 5.59. The van der Waals surface area contributed by atoms with Crippen molar-refractivity contribution in [2.75, 3.05) is 13.1 Å². The Morgan fingerprint density at radius 2 is 1.85 bits per heavy atom. The summed E-state index contributed by atoms with van der Waals surface area (Å²) >= 11 is 0. The number of nitrogens with zero attached hydrogens (tertiary/aromatic N) is 1. The van der Waals surface area contributed by atoms with Crippen molar-refractivity contribution in [1.29, 1.82) is 0 Å². The Hall–Kier alpha value is -3.21. The van der Waals surface area contributed by atoms with E-state index in [1.165, 1.54) is 28.5 Å². The quantitative estimate of drug-likeness (QED) is 0.584. The Balaban J connectivity index is 1.24. The lowest BCUT2D eigenvalue weighted by atomic mass is 9.84. The van der Waals surface area contributed by atoms with Crippen molar-refractivity contribution in [3.8, 4) is 0 Å². The van der Waals surface area contributed by atoms with Gasteiger partial charge in [0.25, 0.3) is 0 Å². The number of amides is 2. The molecule has 0 radical (unpaired) electrons. The van der Waals surface area contributed by atoms with Crippen molar-refractivity contribution in [2.45, 2.75) is 50.0 Å². The molecule has 5 rings (SSSR count). The molecule has 0 aliphatic carbocycles. The second-order valence-corrected chi connectivity index (χ2v) is 9.56. The van der Waals surface area contributed by atoms with Crippen molar-refractivity contribution >= 4 is 22.6 Å². The lowest BCUT2D eigenvalue weighted by Crippen LogP contribution is -2.44. The van der Waals surface area contributed by atoms with E-state index in [4.69, 9.17) is 0 Å². The molecule has 2 amide bonds. The van der Waals surface area contributed by atoms with Gasteiger partial charge in [0, 0.05) is 37.4 Å². The van der Waals surface area contributed by atoms with Crippen LogP contribution in [0, 0.1) is 5.82 Å². The molecule has 3 aromatic rings. The van der Waals surface area contributed by atoms with Crippen molar-refractivity contribution in [2.24, 2.45) is 0 Å². The van der Waals surface area contributed by atoms with E-state index in [2.05, 4.69) is 35.6 Å². The number of fused-ring (bicyclic) bond motifs is 1. The molecule has 1 N–H and O–H groups in total. The average Bonchev–Trinajstić information content (AvgIpc) is 3.46. The Labute approximate surface area is 193 Å². The molecule has 2 aliphatic rings. The van der Waals surface area contributed by atoms with Gasteiger partial charge in [-0.1, -0.05) is 54.6 Å². The second-order valence-electron chi connectivity index (χ2n) is 9.56. The lowest BCUT2D eigenvalue weighted by molar-refractivity contribution is -0.131. The molecular weight excluding hydrogens is 415 g/mol. The van der Waals surface area contributed by atoms with E-state index < -0.39 is 0 Å². The smallest absolute Gasteiger partial charge is 0.222 e. The molecule has 3 aromatic carbocycles. The number of rotatable bonds is 6. The van der Waals surface area contributed by atoms with Crippen LogP contribution in [-0.2, 0) is 16.0 Å². The highest BCUT2D eigenvalue weighted by Gasteiger charge is 2.38. The standard InChI is InChI=1S/C28H29FN2O2/c29-25-9-7-22(8-10-25)24-13-16-31(19-24)27(33)12-15-28(14-11-26(32)30-28)18-20-5-6-21-3-1-2-4-23(21)17-20/h1-10,17,24H,11-16,18-19H2,(H,30,32)/t24-,28+/m0/s1. The number of nitrogens with one attached hydrogen (secondary N) is 1. The van der Waals surface area contributed by atoms with Crippen LogP contribution in [0.1, 0.15) is 49.1 Å². The summed E-state index contributed by atoms with van der Waals surface area (Å²) in [5.74, 6) is 0.228. The molecule has 0 bridgehead atoms. The minimum Gasteiger partial charge on any atom is -0.350 e. The molecule has 2 heterocycles. The summed E-state index contributed by atoms with van der Waals surface area (Å²) in [7, 11) is 0. The minimum absolute atomic E-state index is 0.0702. The Morgan fingerprint density at radius 1 is 1.06 bits per heavy atom. The Morgan fingerprint density at radius 3 is 2.61 bits per heavy atom. The van der Waals surface area contributed by atoms with Gasteiger partial charge < -0.3 is 10.2 Å². The van der Waals surface area contributed by atoms with E-state index >= 15 is 0 Å². The first-order chi connectivity index (χ1) is 16.0. The fourth-order valence-electron chi connectivity index (χ4n) is 5.42. The summed E-state index contributed by atoms with van der Waals surface area (Å²) in [4.78, 5) is 27.1. The highest BCUT2D eigenvalue weighted by Crippen LogP contribution is 2.32. The fraction of sp³-hybridized carbons (Fsp3) is 0.357. The number of likely N-dealkylation sites (tertiary alicyclic amines) is 1. The third kappa shape index (κ3) is 4.77. The summed E-state index contributed by atoms with van der Waals surface area (Å²) < 4.78 is 13.2. The van der Waals surface area contributed by atoms with Gasteiger partial charge in [-0.15, -0.1) is 0 Å². The van der Waals surface area contributed by atoms with Crippen LogP contribution in [0.3, 0.4) is 0 Å². The van der Waals surface area contributed by atoms with Crippen molar-refractivity contribution < 1.29 is 14.0 Å². The molecule has 2 saturated heterocycles. The van der Waals surface area contributed by atoms with Gasteiger partial charge in [0.05, 0.1) is 0 Å². The first-order valence-electron chi connectivity index (χ1n) is 11.8. The van der Waals surface area contributed by atoms with E-state index in [0.29, 0.717) is 25.8 Å². The zero-order valence-electron chi connectivity index (χ0n) is 18.7. The topological polar surface area (TPSA) is 49.4 Å². The molecular formula is C28H29FN2O2. The maximum Gasteiger partial charge on any atom is 0.222 e. The summed E-state index contributed by atoms with van der Waals surface area (Å²) in [6.07, 6.45) is 3.96. The molecule has 33 heavy (non-hydrogen) atoms. The first-order valence-corrected chi connectivity index (χ1v) is 11.8. The Kier molecular flexibility index (Phi) is 5.88. The normalized spacial score (nSPS) is 22.6. The van der Waals surface area contributed by atoms with Gasteiger partial charge in [-0.25, -0.2) is 4.39 Å². The maximum absolute atomic E-state index is 13.2. The van der Waals surface area contributed by atoms with Gasteiger partial charge in [0.15, 0.2) is 0 Å². The van der Waals surface area contributed by atoms with Gasteiger partial charge in [-0.2, -0.15) is 0 Å². The number of hydrogen-bond donors (Lipinski definition) is 1. The molecule has 0 spiro atoms. The van der Waals surface area contributed by atoms with Crippen LogP contribution in [0.2, 0.25) is 0 Å². The first kappa shape index (κ1) is 21.6. The van der Waals surface area contributed by atoms with Gasteiger partial charge in [-0.3, -0.25) is 9.59 Å². The molecule has 0 aromatic heterocycles. The van der Waals surface area contributed by atoms with Gasteiger partial charge in [-0.05, 0) is 59.7 Å². The summed E-state index contributed by atoms with van der Waals surface area (Å²) in [6, 6.07) is 21.3. The summed E-state index contributed by atoms with van der Waals surface area (Å²) in [6.45, 7) is 1.40. The largest absolute Gasteiger partial charge is 0.350 e. The number of hydrogen-bond acceptors (Lipinski definition) is 2. The van der Waals surface area contributed by atoms with Crippen LogP contribution in [-0.4, -0.2) is 35.3 Å². The molecule has 2 atom stereocenters. The van der Waals surface area contributed by atoms with Crippen molar-refractivity contribution in [3.05, 3.63) is 83.7 Å². The SMILES string of the molecule is O=C1CC[C@@](CCC(=O)N2CC[C@H](c3ccc(F)cc3)C2)(Cc2ccc3ccccc3c2)N1. The van der Waals surface area contributed by atoms with Crippen LogP contribution in [0.5, 0.6) is 0 Å². The van der Waals surface area contributed by atoms with Gasteiger partial charge in [0.2, 0.25) is 11.8 Å². The van der Waals surface area contributed by atoms with E-state index in [1.807, 2.05) is 29.2 Å². The number of carbonyl (C=O) groups is 2. The molecule has 4 nitrogen and oxygen atoms in total. The number of halogens is 1. The number of benzene rings is 3. The fourth-order valence-corrected chi connectivity index (χ4v) is 5.42. The molecule has 0 unspecified atom stereocenters. The van der Waals surface area contributed by atoms with E-state index in [-0.39, 0.29) is 29.1 Å².